The van der Waals surface area contributed by atoms with Crippen LogP contribution in [-0.2, 0) is 12.6 Å². The first-order chi connectivity index (χ1) is 13.3. The van der Waals surface area contributed by atoms with Gasteiger partial charge in [-0.15, -0.1) is 0 Å². The van der Waals surface area contributed by atoms with Crippen molar-refractivity contribution in [1.82, 2.24) is 9.88 Å². The summed E-state index contributed by atoms with van der Waals surface area (Å²) in [6.07, 6.45) is -2.91. The third kappa shape index (κ3) is 3.61. The van der Waals surface area contributed by atoms with Crippen LogP contribution in [0, 0.1) is 0 Å². The van der Waals surface area contributed by atoms with Crippen LogP contribution < -0.4 is 9.64 Å². The molecule has 148 valence electrons. The molecule has 1 amide bonds. The molecule has 0 atom stereocenters. The van der Waals surface area contributed by atoms with Crippen molar-refractivity contribution >= 4 is 23.3 Å². The van der Waals surface area contributed by atoms with E-state index in [1.807, 2.05) is 12.1 Å². The fraction of sp³-hybridized carbons (Fsp3) is 0.368. The van der Waals surface area contributed by atoms with Crippen LogP contribution in [0.25, 0.3) is 0 Å². The zero-order chi connectivity index (χ0) is 19.9. The highest BCUT2D eigenvalue weighted by Gasteiger charge is 2.32. The maximum Gasteiger partial charge on any atom is 0.417 e. The van der Waals surface area contributed by atoms with E-state index in [9.17, 15) is 18.0 Å². The molecule has 2 aliphatic rings. The summed E-state index contributed by atoms with van der Waals surface area (Å²) in [5, 5.41) is -0.0479. The number of amides is 1. The van der Waals surface area contributed by atoms with Crippen molar-refractivity contribution in [2.24, 2.45) is 0 Å². The van der Waals surface area contributed by atoms with Gasteiger partial charge < -0.3 is 14.5 Å². The highest BCUT2D eigenvalue weighted by atomic mass is 35.5. The molecule has 3 heterocycles. The monoisotopic (exact) mass is 411 g/mol. The number of carbonyl (C=O) groups excluding carboxylic acids is 1. The number of piperazine rings is 1. The highest BCUT2D eigenvalue weighted by molar-refractivity contribution is 6.33. The molecule has 0 saturated carbocycles. The average Bonchev–Trinajstić information content (AvgIpc) is 3.14. The second-order valence-corrected chi connectivity index (χ2v) is 7.13. The Morgan fingerprint density at radius 1 is 1.14 bits per heavy atom. The summed E-state index contributed by atoms with van der Waals surface area (Å²) in [6.45, 7) is 2.39. The molecule has 9 heteroatoms. The number of benzene rings is 1. The van der Waals surface area contributed by atoms with Crippen molar-refractivity contribution in [3.63, 3.8) is 0 Å². The molecule has 0 radical (unpaired) electrons. The van der Waals surface area contributed by atoms with Crippen LogP contribution in [0.4, 0.5) is 19.0 Å². The Morgan fingerprint density at radius 2 is 1.89 bits per heavy atom. The number of hydrogen-bond acceptors (Lipinski definition) is 4. The summed E-state index contributed by atoms with van der Waals surface area (Å²) in [5.74, 6) is 1.06. The maximum absolute atomic E-state index is 12.8. The van der Waals surface area contributed by atoms with Gasteiger partial charge in [0.05, 0.1) is 17.2 Å². The molecule has 0 aliphatic carbocycles. The Hall–Kier alpha value is -2.48. The Morgan fingerprint density at radius 3 is 2.57 bits per heavy atom. The van der Waals surface area contributed by atoms with Crippen molar-refractivity contribution in [2.75, 3.05) is 37.7 Å². The Kier molecular flexibility index (Phi) is 4.82. The maximum atomic E-state index is 12.8. The van der Waals surface area contributed by atoms with Gasteiger partial charge in [0.15, 0.2) is 0 Å². The normalized spacial score (nSPS) is 16.7. The largest absolute Gasteiger partial charge is 0.493 e. The third-order valence-corrected chi connectivity index (χ3v) is 5.23. The molecule has 0 unspecified atom stereocenters. The van der Waals surface area contributed by atoms with E-state index >= 15 is 0 Å². The molecular weight excluding hydrogens is 395 g/mol. The number of pyridine rings is 1. The first kappa shape index (κ1) is 18.9. The van der Waals surface area contributed by atoms with E-state index in [1.165, 1.54) is 0 Å². The Balaban J connectivity index is 1.43. The zero-order valence-electron chi connectivity index (χ0n) is 14.8. The molecule has 1 aromatic carbocycles. The van der Waals surface area contributed by atoms with Crippen molar-refractivity contribution in [3.05, 3.63) is 52.2 Å². The summed E-state index contributed by atoms with van der Waals surface area (Å²) in [6, 6.07) is 6.32. The van der Waals surface area contributed by atoms with Gasteiger partial charge in [0.25, 0.3) is 5.91 Å². The number of rotatable bonds is 2. The van der Waals surface area contributed by atoms with Crippen LogP contribution in [0.15, 0.2) is 30.5 Å². The second kappa shape index (κ2) is 7.16. The summed E-state index contributed by atoms with van der Waals surface area (Å²) in [4.78, 5) is 20.2. The summed E-state index contributed by atoms with van der Waals surface area (Å²) in [7, 11) is 0. The lowest BCUT2D eigenvalue weighted by Crippen LogP contribution is -2.49. The molecule has 1 aromatic heterocycles. The number of hydrogen-bond donors (Lipinski definition) is 0. The van der Waals surface area contributed by atoms with E-state index in [4.69, 9.17) is 16.3 Å². The number of carbonyl (C=O) groups is 1. The highest BCUT2D eigenvalue weighted by Crippen LogP contribution is 2.34. The second-order valence-electron chi connectivity index (χ2n) is 6.73. The molecule has 5 nitrogen and oxygen atoms in total. The molecule has 28 heavy (non-hydrogen) atoms. The third-order valence-electron chi connectivity index (χ3n) is 4.95. The number of nitrogens with zero attached hydrogens (tertiary/aromatic N) is 3. The first-order valence-electron chi connectivity index (χ1n) is 8.85. The lowest BCUT2D eigenvalue weighted by atomic mass is 10.1. The topological polar surface area (TPSA) is 45.7 Å². The van der Waals surface area contributed by atoms with E-state index in [2.05, 4.69) is 4.98 Å². The number of anilines is 1. The molecule has 4 rings (SSSR count). The molecule has 1 fully saturated rings. The van der Waals surface area contributed by atoms with Crippen LogP contribution in [-0.4, -0.2) is 48.6 Å². The first-order valence-corrected chi connectivity index (χ1v) is 9.23. The van der Waals surface area contributed by atoms with Gasteiger partial charge in [-0.1, -0.05) is 11.6 Å². The standard InChI is InChI=1S/C19H17ClF3N3O2/c20-15-10-14(19(21,22)23)11-24-17(15)25-4-6-26(7-5-25)18(27)13-1-2-16-12(9-13)3-8-28-16/h1-2,9-11H,3-8H2. The van der Waals surface area contributed by atoms with Crippen molar-refractivity contribution in [1.29, 1.82) is 0 Å². The fourth-order valence-electron chi connectivity index (χ4n) is 3.44. The Labute approximate surface area is 164 Å². The summed E-state index contributed by atoms with van der Waals surface area (Å²) < 4.78 is 43.7. The lowest BCUT2D eigenvalue weighted by molar-refractivity contribution is -0.137. The van der Waals surface area contributed by atoms with E-state index in [0.29, 0.717) is 44.2 Å². The van der Waals surface area contributed by atoms with Gasteiger partial charge in [0, 0.05) is 44.4 Å². The minimum atomic E-state index is -4.48. The van der Waals surface area contributed by atoms with Gasteiger partial charge in [0.1, 0.15) is 11.6 Å². The predicted molar refractivity (Wildman–Crippen MR) is 98.0 cm³/mol. The van der Waals surface area contributed by atoms with E-state index in [0.717, 1.165) is 30.0 Å². The molecule has 2 aromatic rings. The van der Waals surface area contributed by atoms with Gasteiger partial charge >= 0.3 is 6.18 Å². The fourth-order valence-corrected chi connectivity index (χ4v) is 3.73. The lowest BCUT2D eigenvalue weighted by Gasteiger charge is -2.36. The number of halogens is 4. The van der Waals surface area contributed by atoms with Crippen LogP contribution in [0.5, 0.6) is 5.75 Å². The molecule has 0 bridgehead atoms. The van der Waals surface area contributed by atoms with Crippen LogP contribution in [0.1, 0.15) is 21.5 Å². The molecule has 1 saturated heterocycles. The SMILES string of the molecule is O=C(c1ccc2c(c1)CCO2)N1CCN(c2ncc(C(F)(F)F)cc2Cl)CC1. The van der Waals surface area contributed by atoms with Crippen molar-refractivity contribution in [3.8, 4) is 5.75 Å². The number of alkyl halides is 3. The minimum Gasteiger partial charge on any atom is -0.493 e. The summed E-state index contributed by atoms with van der Waals surface area (Å²) >= 11 is 6.02. The zero-order valence-corrected chi connectivity index (χ0v) is 15.6. The molecule has 0 spiro atoms. The average molecular weight is 412 g/mol. The Bertz CT molecular complexity index is 912. The van der Waals surface area contributed by atoms with Gasteiger partial charge in [-0.05, 0) is 29.8 Å². The van der Waals surface area contributed by atoms with Crippen LogP contribution >= 0.6 is 11.6 Å². The number of aromatic nitrogens is 1. The number of ether oxygens (including phenoxy) is 1. The number of fused-ring (bicyclic) bond motifs is 1. The quantitative estimate of drug-likeness (QED) is 0.756. The minimum absolute atomic E-state index is 0.0479. The molecule has 2 aliphatic heterocycles. The van der Waals surface area contributed by atoms with Gasteiger partial charge in [-0.2, -0.15) is 13.2 Å². The van der Waals surface area contributed by atoms with Crippen LogP contribution in [0.3, 0.4) is 0 Å². The van der Waals surface area contributed by atoms with Gasteiger partial charge in [-0.3, -0.25) is 4.79 Å². The van der Waals surface area contributed by atoms with E-state index < -0.39 is 11.7 Å². The smallest absolute Gasteiger partial charge is 0.417 e. The van der Waals surface area contributed by atoms with Gasteiger partial charge in [-0.25, -0.2) is 4.98 Å². The van der Waals surface area contributed by atoms with Crippen molar-refractivity contribution < 1.29 is 22.7 Å². The molecule has 0 N–H and O–H groups in total. The van der Waals surface area contributed by atoms with Gasteiger partial charge in [0.2, 0.25) is 0 Å². The summed E-state index contributed by atoms with van der Waals surface area (Å²) in [5.41, 5.74) is 0.768. The molecular formula is C19H17ClF3N3O2. The van der Waals surface area contributed by atoms with E-state index in [-0.39, 0.29) is 10.9 Å². The van der Waals surface area contributed by atoms with Crippen molar-refractivity contribution in [2.45, 2.75) is 12.6 Å². The van der Waals surface area contributed by atoms with E-state index in [1.54, 1.807) is 15.9 Å². The van der Waals surface area contributed by atoms with Crippen LogP contribution in [0.2, 0.25) is 5.02 Å². The predicted octanol–water partition coefficient (Wildman–Crippen LogP) is 3.65.